The van der Waals surface area contributed by atoms with E-state index in [1.165, 1.54) is 32.1 Å². The summed E-state index contributed by atoms with van der Waals surface area (Å²) in [4.78, 5) is 0. The van der Waals surface area contributed by atoms with Gasteiger partial charge in [0.05, 0.1) is 37.1 Å². The van der Waals surface area contributed by atoms with E-state index in [1.807, 2.05) is 0 Å². The van der Waals surface area contributed by atoms with Crippen molar-refractivity contribution < 1.29 is 23.1 Å². The Hall–Kier alpha value is 0.234. The van der Waals surface area contributed by atoms with E-state index in [2.05, 4.69) is 74.7 Å². The van der Waals surface area contributed by atoms with E-state index in [9.17, 15) is 0 Å². The Morgan fingerprint density at radius 2 is 1.18 bits per heavy atom. The third-order valence-electron chi connectivity index (χ3n) is 10.7. The van der Waals surface area contributed by atoms with E-state index in [0.717, 1.165) is 51.6 Å². The van der Waals surface area contributed by atoms with E-state index in [0.29, 0.717) is 12.2 Å². The van der Waals surface area contributed by atoms with Crippen molar-refractivity contribution in [3.05, 3.63) is 0 Å². The Bertz CT molecular complexity index is 755. The smallest absolute Gasteiger partial charge is 0.192 e. The molecule has 3 aliphatic rings. The highest BCUT2D eigenvalue weighted by atomic mass is 28.4. The summed E-state index contributed by atoms with van der Waals surface area (Å²) >= 11 is 0. The molecular formula is C33H66O5Si2. The van der Waals surface area contributed by atoms with E-state index >= 15 is 0 Å². The lowest BCUT2D eigenvalue weighted by molar-refractivity contribution is -0.0933. The first-order valence-electron chi connectivity index (χ1n) is 16.8. The van der Waals surface area contributed by atoms with Crippen LogP contribution in [-0.2, 0) is 23.1 Å². The number of ether oxygens (including phenoxy) is 3. The van der Waals surface area contributed by atoms with Gasteiger partial charge in [0.25, 0.3) is 0 Å². The zero-order valence-corrected chi connectivity index (χ0v) is 30.3. The maximum absolute atomic E-state index is 7.14. The van der Waals surface area contributed by atoms with Crippen LogP contribution in [0.5, 0.6) is 0 Å². The van der Waals surface area contributed by atoms with Gasteiger partial charge in [-0.05, 0) is 87.6 Å². The van der Waals surface area contributed by atoms with Crippen LogP contribution < -0.4 is 0 Å². The van der Waals surface area contributed by atoms with Crippen LogP contribution in [0.1, 0.15) is 126 Å². The molecule has 3 heterocycles. The molecule has 0 saturated carbocycles. The van der Waals surface area contributed by atoms with Crippen molar-refractivity contribution in [2.45, 2.75) is 205 Å². The molecule has 0 aliphatic carbocycles. The SMILES string of the molecule is CCCCCC[C@@H](CCC[C@H](O[Si](C)(C)C(C)(C)C)[C@H]1CC[C@H]([C@H]2CC[C@H]([C@@H]3CO3)O2)O1)O[Si](C)(C)C(C)(C)C. The van der Waals surface area contributed by atoms with Crippen molar-refractivity contribution in [1.82, 2.24) is 0 Å². The molecule has 3 aliphatic heterocycles. The van der Waals surface area contributed by atoms with Gasteiger partial charge >= 0.3 is 0 Å². The molecule has 0 aromatic heterocycles. The van der Waals surface area contributed by atoms with Crippen LogP contribution in [0.15, 0.2) is 0 Å². The highest BCUT2D eigenvalue weighted by molar-refractivity contribution is 6.74. The highest BCUT2D eigenvalue weighted by Crippen LogP contribution is 2.42. The van der Waals surface area contributed by atoms with Crippen LogP contribution in [0, 0.1) is 0 Å². The van der Waals surface area contributed by atoms with Gasteiger partial charge in [-0.25, -0.2) is 0 Å². The monoisotopic (exact) mass is 598 g/mol. The molecule has 236 valence electrons. The molecule has 3 fully saturated rings. The first kappa shape index (κ1) is 34.7. The number of hydrogen-bond acceptors (Lipinski definition) is 5. The summed E-state index contributed by atoms with van der Waals surface area (Å²) in [6, 6.07) is 0. The zero-order valence-electron chi connectivity index (χ0n) is 28.3. The molecule has 0 aromatic carbocycles. The van der Waals surface area contributed by atoms with Gasteiger partial charge < -0.3 is 23.1 Å². The minimum atomic E-state index is -1.93. The molecule has 0 radical (unpaired) electrons. The zero-order chi connectivity index (χ0) is 29.8. The van der Waals surface area contributed by atoms with E-state index in [-0.39, 0.29) is 40.6 Å². The Morgan fingerprint density at radius 1 is 0.650 bits per heavy atom. The minimum absolute atomic E-state index is 0.156. The van der Waals surface area contributed by atoms with Gasteiger partial charge in [-0.2, -0.15) is 0 Å². The van der Waals surface area contributed by atoms with Crippen molar-refractivity contribution in [3.63, 3.8) is 0 Å². The van der Waals surface area contributed by atoms with Gasteiger partial charge in [0.15, 0.2) is 16.6 Å². The molecule has 7 atom stereocenters. The van der Waals surface area contributed by atoms with Crippen molar-refractivity contribution >= 4 is 16.6 Å². The first-order valence-corrected chi connectivity index (χ1v) is 22.6. The van der Waals surface area contributed by atoms with Crippen molar-refractivity contribution in [3.8, 4) is 0 Å². The summed E-state index contributed by atoms with van der Waals surface area (Å²) < 4.78 is 32.9. The van der Waals surface area contributed by atoms with Crippen LogP contribution in [0.2, 0.25) is 36.3 Å². The number of rotatable bonds is 16. The van der Waals surface area contributed by atoms with Crippen molar-refractivity contribution in [1.29, 1.82) is 0 Å². The lowest BCUT2D eigenvalue weighted by Crippen LogP contribution is -2.47. The molecule has 0 spiro atoms. The topological polar surface area (TPSA) is 49.5 Å². The lowest BCUT2D eigenvalue weighted by atomic mass is 10.00. The number of unbranched alkanes of at least 4 members (excludes halogenated alkanes) is 3. The Morgan fingerprint density at radius 3 is 1.75 bits per heavy atom. The van der Waals surface area contributed by atoms with Gasteiger partial charge in [-0.3, -0.25) is 0 Å². The maximum atomic E-state index is 7.14. The van der Waals surface area contributed by atoms with Gasteiger partial charge in [-0.1, -0.05) is 74.1 Å². The normalized spacial score (nSPS) is 29.6. The third kappa shape index (κ3) is 9.88. The molecule has 7 heteroatoms. The molecule has 40 heavy (non-hydrogen) atoms. The van der Waals surface area contributed by atoms with Crippen LogP contribution in [0.25, 0.3) is 0 Å². The largest absolute Gasteiger partial charge is 0.414 e. The Kier molecular flexibility index (Phi) is 12.5. The van der Waals surface area contributed by atoms with Crippen LogP contribution in [0.4, 0.5) is 0 Å². The van der Waals surface area contributed by atoms with Gasteiger partial charge in [0, 0.05) is 6.10 Å². The maximum Gasteiger partial charge on any atom is 0.192 e. The predicted molar refractivity (Wildman–Crippen MR) is 172 cm³/mol. The van der Waals surface area contributed by atoms with Crippen LogP contribution in [-0.4, -0.2) is 66.0 Å². The lowest BCUT2D eigenvalue weighted by Gasteiger charge is -2.41. The molecule has 0 N–H and O–H groups in total. The van der Waals surface area contributed by atoms with Gasteiger partial charge in [-0.15, -0.1) is 0 Å². The Balaban J connectivity index is 1.62. The van der Waals surface area contributed by atoms with Crippen molar-refractivity contribution in [2.24, 2.45) is 0 Å². The van der Waals surface area contributed by atoms with Crippen LogP contribution in [0.3, 0.4) is 0 Å². The molecule has 0 aromatic rings. The summed E-state index contributed by atoms with van der Waals surface area (Å²) in [6.45, 7) is 26.9. The van der Waals surface area contributed by atoms with E-state index in [4.69, 9.17) is 23.1 Å². The third-order valence-corrected chi connectivity index (χ3v) is 19.7. The second-order valence-corrected chi connectivity index (χ2v) is 25.7. The summed E-state index contributed by atoms with van der Waals surface area (Å²) in [6.07, 6.45) is 15.8. The highest BCUT2D eigenvalue weighted by Gasteiger charge is 2.47. The molecule has 3 saturated heterocycles. The summed E-state index contributed by atoms with van der Waals surface area (Å²) in [5.74, 6) is 0. The minimum Gasteiger partial charge on any atom is -0.414 e. The fourth-order valence-electron chi connectivity index (χ4n) is 5.82. The number of hydrogen-bond donors (Lipinski definition) is 0. The van der Waals surface area contributed by atoms with Gasteiger partial charge in [0.1, 0.15) is 6.10 Å². The standard InChI is InChI=1S/C33H66O5Si2/c1-12-13-14-15-17-25(37-39(8,9)32(2,3)4)18-16-19-30(38-40(10,11)33(5,6)7)28-22-20-26(35-28)27-21-23-29(36-27)31-24-34-31/h25-31H,12-24H2,1-11H3/t25-,26+,27+,28+,29+,30-,31-/m0/s1. The molecule has 3 rings (SSSR count). The quantitative estimate of drug-likeness (QED) is 0.101. The van der Waals surface area contributed by atoms with E-state index < -0.39 is 16.6 Å². The van der Waals surface area contributed by atoms with Gasteiger partial charge in [0.2, 0.25) is 0 Å². The average Bonchev–Trinajstić information content (AvgIpc) is 3.35. The molecule has 0 unspecified atom stereocenters. The predicted octanol–water partition coefficient (Wildman–Crippen LogP) is 9.40. The van der Waals surface area contributed by atoms with Crippen LogP contribution >= 0.6 is 0 Å². The fraction of sp³-hybridized carbons (Fsp3) is 1.00. The molecular weight excluding hydrogens is 533 g/mol. The van der Waals surface area contributed by atoms with Crippen molar-refractivity contribution in [2.75, 3.05) is 6.61 Å². The average molecular weight is 599 g/mol. The second-order valence-electron chi connectivity index (χ2n) is 16.1. The molecule has 0 bridgehead atoms. The number of epoxide rings is 1. The Labute approximate surface area is 250 Å². The molecule has 0 amide bonds. The first-order chi connectivity index (χ1) is 18.5. The second kappa shape index (κ2) is 14.3. The fourth-order valence-corrected chi connectivity index (χ4v) is 8.62. The summed E-state index contributed by atoms with van der Waals surface area (Å²) in [5.41, 5.74) is 0. The summed E-state index contributed by atoms with van der Waals surface area (Å²) in [5, 5.41) is 0.421. The molecule has 5 nitrogen and oxygen atoms in total. The summed E-state index contributed by atoms with van der Waals surface area (Å²) in [7, 11) is -3.74. The van der Waals surface area contributed by atoms with E-state index in [1.54, 1.807) is 0 Å².